The molecule has 2 nitrogen and oxygen atoms in total. The first-order chi connectivity index (χ1) is 10.8. The van der Waals surface area contributed by atoms with E-state index in [0.717, 1.165) is 35.0 Å². The summed E-state index contributed by atoms with van der Waals surface area (Å²) in [7, 11) is 0. The van der Waals surface area contributed by atoms with Crippen LogP contribution in [0.3, 0.4) is 0 Å². The van der Waals surface area contributed by atoms with Gasteiger partial charge in [0.05, 0.1) is 0 Å². The number of pyridine rings is 1. The molecule has 0 atom stereocenters. The second-order valence-corrected chi connectivity index (χ2v) is 6.17. The van der Waals surface area contributed by atoms with Crippen LogP contribution in [0.1, 0.15) is 70.1 Å². The Kier molecular flexibility index (Phi) is 6.70. The van der Waals surface area contributed by atoms with Gasteiger partial charge in [0, 0.05) is 11.1 Å². The number of phenolic OH excluding ortho intramolecular Hbond substituents is 1. The first-order valence-electron chi connectivity index (χ1n) is 8.86. The highest BCUT2D eigenvalue weighted by atomic mass is 16.3. The van der Waals surface area contributed by atoms with Gasteiger partial charge in [0.25, 0.3) is 0 Å². The molecule has 0 spiro atoms. The molecular weight excluding hydrogens is 270 g/mol. The second-order valence-electron chi connectivity index (χ2n) is 6.17. The molecule has 2 aromatic rings. The largest absolute Gasteiger partial charge is 0.505 e. The van der Waals surface area contributed by atoms with Crippen molar-refractivity contribution in [2.45, 2.75) is 71.6 Å². The molecule has 2 heteroatoms. The lowest BCUT2D eigenvalue weighted by Gasteiger charge is -2.08. The molecule has 0 saturated heterocycles. The number of aromatic hydroxyl groups is 1. The molecule has 0 aliphatic heterocycles. The molecule has 1 heterocycles. The van der Waals surface area contributed by atoms with Gasteiger partial charge in [0.15, 0.2) is 0 Å². The Morgan fingerprint density at radius 1 is 0.864 bits per heavy atom. The third kappa shape index (κ3) is 4.46. The van der Waals surface area contributed by atoms with Crippen LogP contribution in [0.2, 0.25) is 0 Å². The van der Waals surface area contributed by atoms with Crippen molar-refractivity contribution in [2.24, 2.45) is 0 Å². The van der Waals surface area contributed by atoms with Crippen LogP contribution in [0.4, 0.5) is 0 Å². The molecule has 0 fully saturated rings. The summed E-state index contributed by atoms with van der Waals surface area (Å²) in [6.45, 7) is 4.31. The lowest BCUT2D eigenvalue weighted by Crippen LogP contribution is -1.93. The number of nitrogens with zero attached hydrogens (tertiary/aromatic N) is 1. The smallest absolute Gasteiger partial charge is 0.144 e. The molecule has 22 heavy (non-hydrogen) atoms. The average Bonchev–Trinajstić information content (AvgIpc) is 2.55. The van der Waals surface area contributed by atoms with Gasteiger partial charge in [-0.25, -0.2) is 4.98 Å². The maximum absolute atomic E-state index is 10.3. The van der Waals surface area contributed by atoms with E-state index in [0.29, 0.717) is 5.75 Å². The van der Waals surface area contributed by atoms with Crippen molar-refractivity contribution in [3.63, 3.8) is 0 Å². The van der Waals surface area contributed by atoms with E-state index in [9.17, 15) is 5.11 Å². The van der Waals surface area contributed by atoms with Gasteiger partial charge in [-0.1, -0.05) is 70.6 Å². The Labute approximate surface area is 134 Å². The van der Waals surface area contributed by atoms with E-state index in [-0.39, 0.29) is 0 Å². The Bertz CT molecular complexity index is 592. The van der Waals surface area contributed by atoms with E-state index in [1.807, 2.05) is 6.07 Å². The Balaban J connectivity index is 1.90. The first-order valence-corrected chi connectivity index (χ1v) is 8.86. The standard InChI is InChI=1S/C20H29NO/c1-3-5-6-7-8-9-10-11-18-15-14-17-13-12-16(4-2)20(22)19(17)21-18/h12-15,22H,3-11H2,1-2H3. The summed E-state index contributed by atoms with van der Waals surface area (Å²) in [6.07, 6.45) is 11.1. The highest BCUT2D eigenvalue weighted by Crippen LogP contribution is 2.28. The quantitative estimate of drug-likeness (QED) is 0.594. The molecule has 1 aromatic heterocycles. The maximum Gasteiger partial charge on any atom is 0.144 e. The molecule has 1 aromatic carbocycles. The fourth-order valence-corrected chi connectivity index (χ4v) is 2.94. The van der Waals surface area contributed by atoms with Crippen molar-refractivity contribution in [2.75, 3.05) is 0 Å². The van der Waals surface area contributed by atoms with E-state index in [1.165, 1.54) is 44.9 Å². The second kappa shape index (κ2) is 8.77. The molecular formula is C20H29NO. The minimum Gasteiger partial charge on any atom is -0.505 e. The van der Waals surface area contributed by atoms with Crippen LogP contribution < -0.4 is 0 Å². The molecule has 0 radical (unpaired) electrons. The predicted octanol–water partition coefficient (Wildman–Crippen LogP) is 5.80. The lowest BCUT2D eigenvalue weighted by atomic mass is 10.0. The maximum atomic E-state index is 10.3. The minimum absolute atomic E-state index is 0.362. The van der Waals surface area contributed by atoms with Gasteiger partial charge < -0.3 is 5.11 Å². The number of hydrogen-bond acceptors (Lipinski definition) is 2. The Hall–Kier alpha value is -1.57. The summed E-state index contributed by atoms with van der Waals surface area (Å²) in [5, 5.41) is 11.3. The molecule has 0 aliphatic rings. The van der Waals surface area contributed by atoms with Crippen LogP contribution in [-0.4, -0.2) is 10.1 Å². The fraction of sp³-hybridized carbons (Fsp3) is 0.550. The van der Waals surface area contributed by atoms with Gasteiger partial charge >= 0.3 is 0 Å². The van der Waals surface area contributed by atoms with E-state index in [1.54, 1.807) is 0 Å². The number of phenols is 1. The van der Waals surface area contributed by atoms with Crippen molar-refractivity contribution < 1.29 is 5.11 Å². The van der Waals surface area contributed by atoms with Crippen LogP contribution in [0.15, 0.2) is 24.3 Å². The molecule has 120 valence electrons. The van der Waals surface area contributed by atoms with E-state index >= 15 is 0 Å². The van der Waals surface area contributed by atoms with Crippen molar-refractivity contribution in [1.82, 2.24) is 4.98 Å². The van der Waals surface area contributed by atoms with Gasteiger partial charge in [-0.3, -0.25) is 0 Å². The summed E-state index contributed by atoms with van der Waals surface area (Å²) >= 11 is 0. The number of benzene rings is 1. The van der Waals surface area contributed by atoms with Crippen LogP contribution >= 0.6 is 0 Å². The molecule has 0 unspecified atom stereocenters. The topological polar surface area (TPSA) is 33.1 Å². The zero-order valence-corrected chi connectivity index (χ0v) is 14.1. The monoisotopic (exact) mass is 299 g/mol. The fourth-order valence-electron chi connectivity index (χ4n) is 2.94. The molecule has 0 bridgehead atoms. The average molecular weight is 299 g/mol. The first kappa shape index (κ1) is 16.8. The summed E-state index contributed by atoms with van der Waals surface area (Å²) in [5.41, 5.74) is 2.84. The van der Waals surface area contributed by atoms with Gasteiger partial charge in [-0.2, -0.15) is 0 Å². The van der Waals surface area contributed by atoms with Crippen molar-refractivity contribution in [1.29, 1.82) is 0 Å². The molecule has 2 rings (SSSR count). The van der Waals surface area contributed by atoms with Crippen LogP contribution in [0, 0.1) is 0 Å². The van der Waals surface area contributed by atoms with Crippen LogP contribution in [0.5, 0.6) is 5.75 Å². The van der Waals surface area contributed by atoms with Crippen LogP contribution in [-0.2, 0) is 12.8 Å². The number of unbranched alkanes of at least 4 members (excludes halogenated alkanes) is 6. The summed E-state index contributed by atoms with van der Waals surface area (Å²) in [5.74, 6) is 0.362. The number of aryl methyl sites for hydroxylation is 2. The summed E-state index contributed by atoms with van der Waals surface area (Å²) < 4.78 is 0. The number of hydrogen-bond donors (Lipinski definition) is 1. The van der Waals surface area contributed by atoms with Gasteiger partial charge in [0.1, 0.15) is 11.3 Å². The van der Waals surface area contributed by atoms with Crippen LogP contribution in [0.25, 0.3) is 10.9 Å². The number of aromatic nitrogens is 1. The minimum atomic E-state index is 0.362. The highest BCUT2D eigenvalue weighted by Gasteiger charge is 2.07. The summed E-state index contributed by atoms with van der Waals surface area (Å²) in [6, 6.07) is 8.23. The number of rotatable bonds is 9. The van der Waals surface area contributed by atoms with Crippen molar-refractivity contribution in [3.05, 3.63) is 35.5 Å². The van der Waals surface area contributed by atoms with Gasteiger partial charge in [0.2, 0.25) is 0 Å². The third-order valence-electron chi connectivity index (χ3n) is 4.39. The van der Waals surface area contributed by atoms with E-state index in [4.69, 9.17) is 0 Å². The van der Waals surface area contributed by atoms with E-state index in [2.05, 4.69) is 37.0 Å². The summed E-state index contributed by atoms with van der Waals surface area (Å²) in [4.78, 5) is 4.68. The zero-order valence-electron chi connectivity index (χ0n) is 14.1. The third-order valence-corrected chi connectivity index (χ3v) is 4.39. The van der Waals surface area contributed by atoms with Gasteiger partial charge in [-0.05, 0) is 30.9 Å². The zero-order chi connectivity index (χ0) is 15.8. The molecule has 1 N–H and O–H groups in total. The lowest BCUT2D eigenvalue weighted by molar-refractivity contribution is 0.474. The number of fused-ring (bicyclic) bond motifs is 1. The van der Waals surface area contributed by atoms with Gasteiger partial charge in [-0.15, -0.1) is 0 Å². The molecule has 0 amide bonds. The van der Waals surface area contributed by atoms with Crippen molar-refractivity contribution in [3.8, 4) is 5.75 Å². The predicted molar refractivity (Wildman–Crippen MR) is 94.5 cm³/mol. The Morgan fingerprint density at radius 2 is 1.55 bits per heavy atom. The Morgan fingerprint density at radius 3 is 2.27 bits per heavy atom. The normalized spacial score (nSPS) is 11.2. The molecule has 0 saturated carbocycles. The SMILES string of the molecule is CCCCCCCCCc1ccc2ccc(CC)c(O)c2n1. The highest BCUT2D eigenvalue weighted by molar-refractivity contribution is 5.85. The molecule has 0 aliphatic carbocycles. The van der Waals surface area contributed by atoms with E-state index < -0.39 is 0 Å². The van der Waals surface area contributed by atoms with Crippen molar-refractivity contribution >= 4 is 10.9 Å².